The quantitative estimate of drug-likeness (QED) is 0.737. The van der Waals surface area contributed by atoms with E-state index in [2.05, 4.69) is 26.1 Å². The number of esters is 1. The van der Waals surface area contributed by atoms with Crippen LogP contribution in [-0.2, 0) is 17.6 Å². The molecule has 5 nitrogen and oxygen atoms in total. The highest BCUT2D eigenvalue weighted by Crippen LogP contribution is 2.44. The largest absolute Gasteiger partial charge is 0.497 e. The highest BCUT2D eigenvalue weighted by molar-refractivity contribution is 7.17. The molecule has 0 fully saturated rings. The average Bonchev–Trinajstić information content (AvgIpc) is 3.03. The van der Waals surface area contributed by atoms with Crippen molar-refractivity contribution in [3.05, 3.63) is 45.8 Å². The fraction of sp³-hybridized carbons (Fsp3) is 0.455. The van der Waals surface area contributed by atoms with E-state index >= 15 is 0 Å². The van der Waals surface area contributed by atoms with E-state index < -0.39 is 5.97 Å². The topological polar surface area (TPSA) is 64.6 Å². The number of carbonyl (C=O) groups excluding carboxylic acids is 2. The van der Waals surface area contributed by atoms with Gasteiger partial charge in [0.15, 0.2) is 0 Å². The lowest BCUT2D eigenvalue weighted by Crippen LogP contribution is -2.26. The molecule has 0 unspecified atom stereocenters. The van der Waals surface area contributed by atoms with Crippen LogP contribution < -0.4 is 10.1 Å². The third-order valence-electron chi connectivity index (χ3n) is 5.44. The number of nitrogens with one attached hydrogen (secondary N) is 1. The summed E-state index contributed by atoms with van der Waals surface area (Å²) in [4.78, 5) is 26.4. The first-order valence-electron chi connectivity index (χ1n) is 9.42. The Kier molecular flexibility index (Phi) is 5.79. The van der Waals surface area contributed by atoms with Gasteiger partial charge in [0.2, 0.25) is 0 Å². The number of carbonyl (C=O) groups is 2. The van der Waals surface area contributed by atoms with Gasteiger partial charge in [-0.3, -0.25) is 4.79 Å². The van der Waals surface area contributed by atoms with Crippen LogP contribution in [0.15, 0.2) is 24.3 Å². The first kappa shape index (κ1) is 20.4. The van der Waals surface area contributed by atoms with Crippen LogP contribution in [0.4, 0.5) is 5.00 Å². The maximum atomic E-state index is 12.8. The predicted molar refractivity (Wildman–Crippen MR) is 112 cm³/mol. The van der Waals surface area contributed by atoms with Crippen molar-refractivity contribution in [3.63, 3.8) is 0 Å². The summed E-state index contributed by atoms with van der Waals surface area (Å²) in [5.41, 5.74) is 2.22. The van der Waals surface area contributed by atoms with Gasteiger partial charge in [0.25, 0.3) is 5.91 Å². The molecule has 0 saturated heterocycles. The Labute approximate surface area is 170 Å². The second kappa shape index (κ2) is 7.95. The standard InChI is InChI=1S/C22H27NO4S/c1-22(2,3)14-9-10-16-17(12-14)28-20(18(16)21(25)27-5)23-19(24)13-7-6-8-15(11-13)26-4/h6-8,11,14H,9-10,12H2,1-5H3,(H,23,24)/t14-/m0/s1. The predicted octanol–water partition coefficient (Wildman–Crippen LogP) is 4.95. The summed E-state index contributed by atoms with van der Waals surface area (Å²) in [6.07, 6.45) is 2.77. The van der Waals surface area contributed by atoms with Crippen LogP contribution in [0, 0.1) is 11.3 Å². The number of amides is 1. The average molecular weight is 402 g/mol. The highest BCUT2D eigenvalue weighted by atomic mass is 32.1. The minimum atomic E-state index is -0.396. The zero-order valence-electron chi connectivity index (χ0n) is 17.0. The maximum Gasteiger partial charge on any atom is 0.341 e. The number of benzene rings is 1. The van der Waals surface area contributed by atoms with E-state index in [0.717, 1.165) is 24.8 Å². The van der Waals surface area contributed by atoms with E-state index in [1.807, 2.05) is 0 Å². The van der Waals surface area contributed by atoms with Gasteiger partial charge in [-0.1, -0.05) is 26.8 Å². The molecule has 1 heterocycles. The molecule has 1 N–H and O–H groups in total. The molecule has 1 atom stereocenters. The summed E-state index contributed by atoms with van der Waals surface area (Å²) in [5.74, 6) is 0.494. The molecule has 1 aliphatic carbocycles. The number of methoxy groups -OCH3 is 2. The molecule has 6 heteroatoms. The summed E-state index contributed by atoms with van der Waals surface area (Å²) < 4.78 is 10.2. The van der Waals surface area contributed by atoms with Crippen LogP contribution in [0.2, 0.25) is 0 Å². The smallest absolute Gasteiger partial charge is 0.341 e. The van der Waals surface area contributed by atoms with E-state index in [1.54, 1.807) is 31.4 Å². The summed E-state index contributed by atoms with van der Waals surface area (Å²) in [6.45, 7) is 6.76. The van der Waals surface area contributed by atoms with Gasteiger partial charge in [-0.25, -0.2) is 4.79 Å². The van der Waals surface area contributed by atoms with Crippen molar-refractivity contribution in [2.24, 2.45) is 11.3 Å². The van der Waals surface area contributed by atoms with Gasteiger partial charge >= 0.3 is 5.97 Å². The number of fused-ring (bicyclic) bond motifs is 1. The van der Waals surface area contributed by atoms with Gasteiger partial charge in [0.1, 0.15) is 10.8 Å². The molecule has 0 aliphatic heterocycles. The Morgan fingerprint density at radius 1 is 1.21 bits per heavy atom. The lowest BCUT2D eigenvalue weighted by molar-refractivity contribution is 0.0600. The Bertz CT molecular complexity index is 894. The number of thiophene rings is 1. The van der Waals surface area contributed by atoms with E-state index in [9.17, 15) is 9.59 Å². The van der Waals surface area contributed by atoms with Crippen LogP contribution in [0.5, 0.6) is 5.75 Å². The highest BCUT2D eigenvalue weighted by Gasteiger charge is 2.34. The second-order valence-electron chi connectivity index (χ2n) is 8.19. The minimum absolute atomic E-state index is 0.205. The van der Waals surface area contributed by atoms with Crippen LogP contribution in [-0.4, -0.2) is 26.1 Å². The molecular weight excluding hydrogens is 374 g/mol. The van der Waals surface area contributed by atoms with Crippen LogP contribution in [0.25, 0.3) is 0 Å². The molecule has 28 heavy (non-hydrogen) atoms. The summed E-state index contributed by atoms with van der Waals surface area (Å²) >= 11 is 1.49. The molecule has 0 saturated carbocycles. The first-order chi connectivity index (χ1) is 13.2. The fourth-order valence-corrected chi connectivity index (χ4v) is 4.98. The number of ether oxygens (including phenoxy) is 2. The number of anilines is 1. The zero-order chi connectivity index (χ0) is 20.5. The minimum Gasteiger partial charge on any atom is -0.497 e. The van der Waals surface area contributed by atoms with Crippen molar-refractivity contribution in [2.75, 3.05) is 19.5 Å². The van der Waals surface area contributed by atoms with Gasteiger partial charge in [-0.2, -0.15) is 0 Å². The summed E-state index contributed by atoms with van der Waals surface area (Å²) in [6, 6.07) is 6.95. The summed E-state index contributed by atoms with van der Waals surface area (Å²) in [7, 11) is 2.94. The van der Waals surface area contributed by atoms with Gasteiger partial charge in [0, 0.05) is 10.4 Å². The Hall–Kier alpha value is -2.34. The third-order valence-corrected chi connectivity index (χ3v) is 6.61. The number of rotatable bonds is 4. The maximum absolute atomic E-state index is 12.8. The van der Waals surface area contributed by atoms with E-state index in [1.165, 1.54) is 23.3 Å². The van der Waals surface area contributed by atoms with Gasteiger partial charge in [0.05, 0.1) is 19.8 Å². The molecule has 1 aromatic heterocycles. The van der Waals surface area contributed by atoms with Crippen molar-refractivity contribution in [1.82, 2.24) is 0 Å². The Morgan fingerprint density at radius 3 is 2.61 bits per heavy atom. The molecule has 150 valence electrons. The van der Waals surface area contributed by atoms with Crippen molar-refractivity contribution < 1.29 is 19.1 Å². The molecule has 0 spiro atoms. The fourth-order valence-electron chi connectivity index (χ4n) is 3.67. The van der Waals surface area contributed by atoms with Gasteiger partial charge in [-0.05, 0) is 54.4 Å². The lowest BCUT2D eigenvalue weighted by atomic mass is 9.72. The second-order valence-corrected chi connectivity index (χ2v) is 9.30. The van der Waals surface area contributed by atoms with Crippen molar-refractivity contribution in [3.8, 4) is 5.75 Å². The Morgan fingerprint density at radius 2 is 1.96 bits per heavy atom. The molecular formula is C22H27NO4S. The van der Waals surface area contributed by atoms with Crippen molar-refractivity contribution >= 4 is 28.2 Å². The Balaban J connectivity index is 1.93. The lowest BCUT2D eigenvalue weighted by Gasteiger charge is -2.33. The van der Waals surface area contributed by atoms with Crippen molar-refractivity contribution in [2.45, 2.75) is 40.0 Å². The molecule has 1 aliphatic rings. The number of hydrogen-bond acceptors (Lipinski definition) is 5. The monoisotopic (exact) mass is 401 g/mol. The molecule has 0 bridgehead atoms. The van der Waals surface area contributed by atoms with E-state index in [4.69, 9.17) is 9.47 Å². The summed E-state index contributed by atoms with van der Waals surface area (Å²) in [5, 5.41) is 3.50. The van der Waals surface area contributed by atoms with Gasteiger partial charge in [-0.15, -0.1) is 11.3 Å². The number of hydrogen-bond donors (Lipinski definition) is 1. The normalized spacial score (nSPS) is 16.2. The molecule has 1 aromatic carbocycles. The zero-order valence-corrected chi connectivity index (χ0v) is 17.9. The van der Waals surface area contributed by atoms with Crippen LogP contribution in [0.1, 0.15) is 58.3 Å². The molecule has 3 rings (SSSR count). The SMILES string of the molecule is COC(=O)c1c(NC(=O)c2cccc(OC)c2)sc2c1CC[C@H](C(C)(C)C)C2. The third kappa shape index (κ3) is 4.07. The van der Waals surface area contributed by atoms with Gasteiger partial charge < -0.3 is 14.8 Å². The van der Waals surface area contributed by atoms with Crippen LogP contribution >= 0.6 is 11.3 Å². The molecule has 1 amide bonds. The van der Waals surface area contributed by atoms with E-state index in [-0.39, 0.29) is 11.3 Å². The van der Waals surface area contributed by atoms with Crippen LogP contribution in [0.3, 0.4) is 0 Å². The first-order valence-corrected chi connectivity index (χ1v) is 10.2. The van der Waals surface area contributed by atoms with Crippen molar-refractivity contribution in [1.29, 1.82) is 0 Å². The molecule has 0 radical (unpaired) electrons. The van der Waals surface area contributed by atoms with E-state index in [0.29, 0.717) is 27.8 Å². The molecule has 2 aromatic rings.